The summed E-state index contributed by atoms with van der Waals surface area (Å²) >= 11 is 1.32. The number of halogens is 2. The van der Waals surface area contributed by atoms with Crippen molar-refractivity contribution in [1.82, 2.24) is 19.4 Å². The molecule has 1 amide bonds. The molecule has 0 spiro atoms. The molecule has 1 N–H and O–H groups in total. The van der Waals surface area contributed by atoms with Crippen molar-refractivity contribution in [1.29, 1.82) is 0 Å². The lowest BCUT2D eigenvalue weighted by Gasteiger charge is -2.22. The molecular formula is C27H24F2N4O5S. The van der Waals surface area contributed by atoms with E-state index in [0.717, 1.165) is 12.1 Å². The Kier molecular flexibility index (Phi) is 7.04. The van der Waals surface area contributed by atoms with E-state index in [1.165, 1.54) is 41.1 Å². The topological polar surface area (TPSA) is 107 Å². The first kappa shape index (κ1) is 26.3. The molecule has 1 unspecified atom stereocenters. The number of hydrogen-bond acceptors (Lipinski definition) is 8. The highest BCUT2D eigenvalue weighted by Crippen LogP contribution is 2.39. The van der Waals surface area contributed by atoms with Crippen LogP contribution in [0.25, 0.3) is 17.2 Å². The van der Waals surface area contributed by atoms with Gasteiger partial charge in [0.2, 0.25) is 5.88 Å². The standard InChI is InChI=1S/C27H24F2N4O5S/c1-14-30-18(13-39-14)24-31-25(34)22(27(36)33(24)23-19(37-2)8-5-9-20(23)38-3)26(35)32-11-10-15(12-32)21-16(28)6-4-7-17(21)29/h4-9,13,15,36H,10-12H2,1-3H3. The van der Waals surface area contributed by atoms with Gasteiger partial charge < -0.3 is 19.5 Å². The van der Waals surface area contributed by atoms with E-state index >= 15 is 0 Å². The van der Waals surface area contributed by atoms with Gasteiger partial charge in [-0.25, -0.2) is 13.8 Å². The summed E-state index contributed by atoms with van der Waals surface area (Å²) in [7, 11) is 2.85. The second-order valence-corrected chi connectivity index (χ2v) is 9.97. The van der Waals surface area contributed by atoms with Crippen LogP contribution < -0.4 is 15.0 Å². The Bertz CT molecular complexity index is 1590. The minimum Gasteiger partial charge on any atom is -0.494 e. The molecular weight excluding hydrogens is 530 g/mol. The van der Waals surface area contributed by atoms with E-state index in [-0.39, 0.29) is 48.1 Å². The molecule has 1 atom stereocenters. The number of hydrogen-bond donors (Lipinski definition) is 1. The first-order valence-corrected chi connectivity index (χ1v) is 12.9. The SMILES string of the molecule is COc1cccc(OC)c1-n1c(-c2csc(C)n2)nc(=O)c(C(=O)N2CCC(c3c(F)cccc3F)C2)c1O. The van der Waals surface area contributed by atoms with Crippen molar-refractivity contribution in [2.45, 2.75) is 19.3 Å². The third-order valence-corrected chi connectivity index (χ3v) is 7.41. The highest BCUT2D eigenvalue weighted by Gasteiger charge is 2.35. The van der Waals surface area contributed by atoms with Gasteiger partial charge in [0, 0.05) is 30.0 Å². The van der Waals surface area contributed by atoms with E-state index in [0.29, 0.717) is 10.7 Å². The van der Waals surface area contributed by atoms with Gasteiger partial charge in [0.25, 0.3) is 11.5 Å². The second kappa shape index (κ2) is 10.4. The van der Waals surface area contributed by atoms with Gasteiger partial charge in [-0.3, -0.25) is 14.2 Å². The summed E-state index contributed by atoms with van der Waals surface area (Å²) < 4.78 is 41.0. The lowest BCUT2D eigenvalue weighted by Crippen LogP contribution is -2.34. The number of aromatic hydroxyl groups is 1. The third kappa shape index (κ3) is 4.60. The summed E-state index contributed by atoms with van der Waals surface area (Å²) in [5, 5.41) is 13.9. The van der Waals surface area contributed by atoms with Crippen LogP contribution in [0.2, 0.25) is 0 Å². The molecule has 1 aliphatic heterocycles. The molecule has 9 nitrogen and oxygen atoms in total. The number of aryl methyl sites for hydroxylation is 1. The van der Waals surface area contributed by atoms with Crippen LogP contribution in [0.1, 0.15) is 33.3 Å². The largest absolute Gasteiger partial charge is 0.494 e. The molecule has 1 aliphatic rings. The number of carbonyl (C=O) groups excluding carboxylic acids is 1. The van der Waals surface area contributed by atoms with Crippen molar-refractivity contribution in [3.8, 4) is 34.6 Å². The number of thiazole rings is 1. The van der Waals surface area contributed by atoms with E-state index in [2.05, 4.69) is 9.97 Å². The van der Waals surface area contributed by atoms with Crippen molar-refractivity contribution in [2.24, 2.45) is 0 Å². The minimum atomic E-state index is -0.969. The Hall–Kier alpha value is -4.32. The first-order chi connectivity index (χ1) is 18.7. The second-order valence-electron chi connectivity index (χ2n) is 8.91. The molecule has 2 aromatic heterocycles. The maximum Gasteiger partial charge on any atom is 0.290 e. The summed E-state index contributed by atoms with van der Waals surface area (Å²) in [6.45, 7) is 1.86. The van der Waals surface area contributed by atoms with Crippen LogP contribution in [-0.2, 0) is 0 Å². The number of carbonyl (C=O) groups is 1. The maximum absolute atomic E-state index is 14.4. The molecule has 39 heavy (non-hydrogen) atoms. The Morgan fingerprint density at radius 1 is 1.08 bits per heavy atom. The van der Waals surface area contributed by atoms with E-state index < -0.39 is 40.5 Å². The summed E-state index contributed by atoms with van der Waals surface area (Å²) in [5.41, 5.74) is -1.17. The molecule has 4 aromatic rings. The van der Waals surface area contributed by atoms with E-state index in [1.807, 2.05) is 0 Å². The predicted molar refractivity (Wildman–Crippen MR) is 140 cm³/mol. The zero-order chi connectivity index (χ0) is 27.8. The van der Waals surface area contributed by atoms with Crippen LogP contribution in [0.3, 0.4) is 0 Å². The minimum absolute atomic E-state index is 0.0195. The highest BCUT2D eigenvalue weighted by atomic mass is 32.1. The molecule has 0 aliphatic carbocycles. The van der Waals surface area contributed by atoms with E-state index in [4.69, 9.17) is 9.47 Å². The highest BCUT2D eigenvalue weighted by molar-refractivity contribution is 7.09. The first-order valence-electron chi connectivity index (χ1n) is 12.0. The molecule has 3 heterocycles. The molecule has 0 saturated carbocycles. The van der Waals surface area contributed by atoms with Gasteiger partial charge in [0.05, 0.1) is 19.2 Å². The molecule has 5 rings (SSSR count). The zero-order valence-corrected chi connectivity index (χ0v) is 22.1. The van der Waals surface area contributed by atoms with E-state index in [1.54, 1.807) is 30.5 Å². The lowest BCUT2D eigenvalue weighted by atomic mass is 9.97. The number of ether oxygens (including phenoxy) is 2. The smallest absolute Gasteiger partial charge is 0.290 e. The summed E-state index contributed by atoms with van der Waals surface area (Å²) in [6.07, 6.45) is 0.280. The number of methoxy groups -OCH3 is 2. The number of aromatic nitrogens is 3. The van der Waals surface area contributed by atoms with Crippen molar-refractivity contribution in [3.05, 3.63) is 79.9 Å². The van der Waals surface area contributed by atoms with E-state index in [9.17, 15) is 23.5 Å². The fourth-order valence-corrected chi connectivity index (χ4v) is 5.43. The number of amides is 1. The van der Waals surface area contributed by atoms with Gasteiger partial charge in [0.1, 0.15) is 34.5 Å². The van der Waals surface area contributed by atoms with Crippen LogP contribution in [0.5, 0.6) is 17.4 Å². The van der Waals surface area contributed by atoms with Gasteiger partial charge in [0.15, 0.2) is 11.4 Å². The average molecular weight is 555 g/mol. The quantitative estimate of drug-likeness (QED) is 0.379. The van der Waals surface area contributed by atoms with Gasteiger partial charge >= 0.3 is 0 Å². The van der Waals surface area contributed by atoms with Crippen molar-refractivity contribution in [2.75, 3.05) is 27.3 Å². The summed E-state index contributed by atoms with van der Waals surface area (Å²) in [5.74, 6) is -2.99. The van der Waals surface area contributed by atoms with Crippen molar-refractivity contribution < 1.29 is 28.2 Å². The molecule has 0 bridgehead atoms. The van der Waals surface area contributed by atoms with Crippen LogP contribution in [0.15, 0.2) is 46.6 Å². The van der Waals surface area contributed by atoms with Crippen LogP contribution in [-0.4, -0.2) is 57.8 Å². The van der Waals surface area contributed by atoms with Crippen LogP contribution in [0, 0.1) is 18.6 Å². The molecule has 1 saturated heterocycles. The monoisotopic (exact) mass is 554 g/mol. The number of para-hydroxylation sites is 1. The fourth-order valence-electron chi connectivity index (χ4n) is 4.84. The number of likely N-dealkylation sites (tertiary alicyclic amines) is 1. The Labute approximate surface area is 225 Å². The fraction of sp³-hybridized carbons (Fsp3) is 0.259. The van der Waals surface area contributed by atoms with Crippen molar-refractivity contribution in [3.63, 3.8) is 0 Å². The Balaban J connectivity index is 1.65. The molecule has 202 valence electrons. The third-order valence-electron chi connectivity index (χ3n) is 6.64. The Morgan fingerprint density at radius 3 is 2.31 bits per heavy atom. The normalized spacial score (nSPS) is 15.0. The Morgan fingerprint density at radius 2 is 1.72 bits per heavy atom. The summed E-state index contributed by atoms with van der Waals surface area (Å²) in [6, 6.07) is 8.53. The molecule has 2 aromatic carbocycles. The average Bonchev–Trinajstić information content (AvgIpc) is 3.57. The van der Waals surface area contributed by atoms with Gasteiger partial charge in [-0.05, 0) is 37.6 Å². The molecule has 1 fully saturated rings. The van der Waals surface area contributed by atoms with Crippen LogP contribution in [0.4, 0.5) is 8.78 Å². The number of nitrogens with zero attached hydrogens (tertiary/aromatic N) is 4. The van der Waals surface area contributed by atoms with Gasteiger partial charge in [-0.15, -0.1) is 11.3 Å². The summed E-state index contributed by atoms with van der Waals surface area (Å²) in [4.78, 5) is 36.7. The van der Waals surface area contributed by atoms with Gasteiger partial charge in [-0.1, -0.05) is 12.1 Å². The molecule has 12 heteroatoms. The number of rotatable bonds is 6. The van der Waals surface area contributed by atoms with Crippen LogP contribution >= 0.6 is 11.3 Å². The molecule has 0 radical (unpaired) electrons. The number of benzene rings is 2. The van der Waals surface area contributed by atoms with Crippen molar-refractivity contribution >= 4 is 17.2 Å². The zero-order valence-electron chi connectivity index (χ0n) is 21.3. The lowest BCUT2D eigenvalue weighted by molar-refractivity contribution is 0.0784. The van der Waals surface area contributed by atoms with Gasteiger partial charge in [-0.2, -0.15) is 4.98 Å². The predicted octanol–water partition coefficient (Wildman–Crippen LogP) is 4.30. The maximum atomic E-state index is 14.4.